The Labute approximate surface area is 117 Å². The Morgan fingerprint density at radius 1 is 1.58 bits per heavy atom. The average Bonchev–Trinajstić information content (AvgIpc) is 2.42. The molecule has 4 nitrogen and oxygen atoms in total. The molecule has 0 fully saturated rings. The van der Waals surface area contributed by atoms with Gasteiger partial charge in [0.1, 0.15) is 5.82 Å². The first kappa shape index (κ1) is 15.6. The Hall–Kier alpha value is -1.43. The van der Waals surface area contributed by atoms with Crippen LogP contribution in [0.2, 0.25) is 0 Å². The van der Waals surface area contributed by atoms with E-state index >= 15 is 0 Å². The minimum absolute atomic E-state index is 0.145. The first-order valence-electron chi connectivity index (χ1n) is 6.04. The van der Waals surface area contributed by atoms with Crippen molar-refractivity contribution in [1.82, 2.24) is 0 Å². The summed E-state index contributed by atoms with van der Waals surface area (Å²) < 4.78 is 13.9. The van der Waals surface area contributed by atoms with Gasteiger partial charge in [0.2, 0.25) is 0 Å². The van der Waals surface area contributed by atoms with Crippen LogP contribution in [-0.4, -0.2) is 36.1 Å². The molecule has 0 aromatic heterocycles. The van der Waals surface area contributed by atoms with Crippen molar-refractivity contribution in [2.45, 2.75) is 19.4 Å². The maximum atomic E-state index is 13.9. The maximum Gasteiger partial charge on any atom is 0.175 e. The summed E-state index contributed by atoms with van der Waals surface area (Å²) in [4.78, 5) is 1.98. The average molecular weight is 285 g/mol. The van der Waals surface area contributed by atoms with Crippen molar-refractivity contribution in [3.8, 4) is 0 Å². The third-order valence-corrected chi connectivity index (χ3v) is 3.83. The number of oxime groups is 1. The Morgan fingerprint density at radius 2 is 2.26 bits per heavy atom. The predicted octanol–water partition coefficient (Wildman–Crippen LogP) is 2.50. The minimum Gasteiger partial charge on any atom is -0.409 e. The number of halogens is 1. The molecule has 19 heavy (non-hydrogen) atoms. The fourth-order valence-corrected chi connectivity index (χ4v) is 2.85. The van der Waals surface area contributed by atoms with Crippen molar-refractivity contribution in [3.05, 3.63) is 29.6 Å². The lowest BCUT2D eigenvalue weighted by Crippen LogP contribution is -2.35. The summed E-state index contributed by atoms with van der Waals surface area (Å²) in [6.45, 7) is 2.08. The van der Waals surface area contributed by atoms with Gasteiger partial charge in [0.25, 0.3) is 0 Å². The van der Waals surface area contributed by atoms with E-state index in [9.17, 15) is 4.39 Å². The Balaban J connectivity index is 3.22. The zero-order valence-corrected chi connectivity index (χ0v) is 12.2. The van der Waals surface area contributed by atoms with E-state index in [1.54, 1.807) is 23.9 Å². The largest absolute Gasteiger partial charge is 0.409 e. The number of hydrogen-bond acceptors (Lipinski definition) is 4. The molecule has 0 saturated heterocycles. The molecule has 0 radical (unpaired) electrons. The molecule has 1 unspecified atom stereocenters. The summed E-state index contributed by atoms with van der Waals surface area (Å²) in [5.41, 5.74) is 6.36. The number of thioether (sulfide) groups is 1. The van der Waals surface area contributed by atoms with Crippen LogP contribution >= 0.6 is 11.8 Å². The molecule has 106 valence electrons. The Morgan fingerprint density at radius 3 is 2.79 bits per heavy atom. The zero-order chi connectivity index (χ0) is 14.4. The molecule has 0 bridgehead atoms. The van der Waals surface area contributed by atoms with E-state index in [2.05, 4.69) is 12.1 Å². The van der Waals surface area contributed by atoms with Gasteiger partial charge in [0.15, 0.2) is 5.84 Å². The highest BCUT2D eigenvalue weighted by molar-refractivity contribution is 7.98. The monoisotopic (exact) mass is 285 g/mol. The third-order valence-electron chi connectivity index (χ3n) is 3.11. The number of hydrogen-bond donors (Lipinski definition) is 2. The third kappa shape index (κ3) is 3.53. The van der Waals surface area contributed by atoms with E-state index in [-0.39, 0.29) is 17.4 Å². The van der Waals surface area contributed by atoms with Crippen molar-refractivity contribution >= 4 is 23.3 Å². The standard InChI is InChI=1S/C13H20FN3OS/c1-4-9(8-19-3)17(2)11-7-5-6-10(14)12(11)13(15)16-18/h5-7,9,18H,4,8H2,1-3H3,(H2,15,16). The molecule has 0 aliphatic carbocycles. The van der Waals surface area contributed by atoms with Gasteiger partial charge in [-0.1, -0.05) is 18.1 Å². The SMILES string of the molecule is CCC(CSC)N(C)c1cccc(F)c1/C(N)=N/O. The second-order valence-corrected chi connectivity index (χ2v) is 5.16. The molecular formula is C13H20FN3OS. The van der Waals surface area contributed by atoms with Gasteiger partial charge in [-0.3, -0.25) is 0 Å². The van der Waals surface area contributed by atoms with Gasteiger partial charge in [-0.2, -0.15) is 11.8 Å². The van der Waals surface area contributed by atoms with Crippen LogP contribution < -0.4 is 10.6 Å². The molecule has 0 saturated carbocycles. The number of nitrogens with two attached hydrogens (primary N) is 1. The summed E-state index contributed by atoms with van der Waals surface area (Å²) in [6.07, 6.45) is 2.97. The molecule has 1 aromatic rings. The lowest BCUT2D eigenvalue weighted by molar-refractivity contribution is 0.318. The Bertz CT molecular complexity index is 454. The quantitative estimate of drug-likeness (QED) is 0.365. The van der Waals surface area contributed by atoms with Crippen LogP contribution in [-0.2, 0) is 0 Å². The van der Waals surface area contributed by atoms with Crippen LogP contribution in [0.1, 0.15) is 18.9 Å². The maximum absolute atomic E-state index is 13.9. The van der Waals surface area contributed by atoms with Crippen molar-refractivity contribution < 1.29 is 9.60 Å². The van der Waals surface area contributed by atoms with E-state index in [1.165, 1.54) is 6.07 Å². The predicted molar refractivity (Wildman–Crippen MR) is 79.8 cm³/mol. The number of nitrogens with zero attached hydrogens (tertiary/aromatic N) is 2. The van der Waals surface area contributed by atoms with Crippen LogP contribution in [0, 0.1) is 5.82 Å². The molecule has 0 heterocycles. The molecule has 0 amide bonds. The molecule has 6 heteroatoms. The molecule has 0 spiro atoms. The summed E-state index contributed by atoms with van der Waals surface area (Å²) in [5.74, 6) is 0.233. The molecule has 0 aliphatic heterocycles. The molecule has 0 aliphatic rings. The number of amidine groups is 1. The van der Waals surface area contributed by atoms with Gasteiger partial charge in [0, 0.05) is 18.8 Å². The minimum atomic E-state index is -0.487. The van der Waals surface area contributed by atoms with Gasteiger partial charge in [-0.25, -0.2) is 4.39 Å². The van der Waals surface area contributed by atoms with Crippen molar-refractivity contribution in [2.24, 2.45) is 10.9 Å². The molecule has 3 N–H and O–H groups in total. The van der Waals surface area contributed by atoms with Crippen molar-refractivity contribution in [2.75, 3.05) is 24.0 Å². The lowest BCUT2D eigenvalue weighted by atomic mass is 10.1. The number of rotatable bonds is 6. The molecule has 1 rings (SSSR count). The van der Waals surface area contributed by atoms with E-state index in [0.29, 0.717) is 5.69 Å². The smallest absolute Gasteiger partial charge is 0.175 e. The van der Waals surface area contributed by atoms with Crippen molar-refractivity contribution in [1.29, 1.82) is 0 Å². The van der Waals surface area contributed by atoms with Crippen LogP contribution in [0.5, 0.6) is 0 Å². The molecule has 1 aromatic carbocycles. The fraction of sp³-hybridized carbons (Fsp3) is 0.462. The van der Waals surface area contributed by atoms with E-state index in [0.717, 1.165) is 12.2 Å². The highest BCUT2D eigenvalue weighted by Gasteiger charge is 2.20. The molecular weight excluding hydrogens is 265 g/mol. The van der Waals surface area contributed by atoms with E-state index < -0.39 is 5.82 Å². The second kappa shape index (κ2) is 7.23. The van der Waals surface area contributed by atoms with Gasteiger partial charge < -0.3 is 15.8 Å². The van der Waals surface area contributed by atoms with Crippen LogP contribution in [0.25, 0.3) is 0 Å². The fourth-order valence-electron chi connectivity index (χ4n) is 2.00. The van der Waals surface area contributed by atoms with E-state index in [4.69, 9.17) is 10.9 Å². The lowest BCUT2D eigenvalue weighted by Gasteiger charge is -2.30. The summed E-state index contributed by atoms with van der Waals surface area (Å²) >= 11 is 1.74. The van der Waals surface area contributed by atoms with Crippen LogP contribution in [0.3, 0.4) is 0 Å². The topological polar surface area (TPSA) is 61.8 Å². The normalized spacial score (nSPS) is 13.4. The number of anilines is 1. The number of benzene rings is 1. The Kier molecular flexibility index (Phi) is 5.95. The summed E-state index contributed by atoms with van der Waals surface area (Å²) in [7, 11) is 1.90. The van der Waals surface area contributed by atoms with E-state index in [1.807, 2.05) is 18.2 Å². The van der Waals surface area contributed by atoms with Crippen LogP contribution in [0.4, 0.5) is 10.1 Å². The van der Waals surface area contributed by atoms with Gasteiger partial charge in [-0.05, 0) is 24.8 Å². The first-order valence-corrected chi connectivity index (χ1v) is 7.44. The second-order valence-electron chi connectivity index (χ2n) is 4.25. The van der Waals surface area contributed by atoms with Crippen molar-refractivity contribution in [3.63, 3.8) is 0 Å². The van der Waals surface area contributed by atoms with Crippen LogP contribution in [0.15, 0.2) is 23.4 Å². The van der Waals surface area contributed by atoms with Gasteiger partial charge in [0.05, 0.1) is 11.3 Å². The zero-order valence-electron chi connectivity index (χ0n) is 11.4. The highest BCUT2D eigenvalue weighted by atomic mass is 32.2. The van der Waals surface area contributed by atoms with Gasteiger partial charge >= 0.3 is 0 Å². The summed E-state index contributed by atoms with van der Waals surface area (Å²) in [5, 5.41) is 11.7. The first-order chi connectivity index (χ1) is 9.06. The molecule has 1 atom stereocenters. The highest BCUT2D eigenvalue weighted by Crippen LogP contribution is 2.25. The van der Waals surface area contributed by atoms with Gasteiger partial charge in [-0.15, -0.1) is 0 Å². The summed E-state index contributed by atoms with van der Waals surface area (Å²) in [6, 6.07) is 4.97.